The molecule has 2 aromatic heterocycles. The Morgan fingerprint density at radius 3 is 3.12 bits per heavy atom. The highest BCUT2D eigenvalue weighted by atomic mass is 16.2. The second-order valence-corrected chi connectivity index (χ2v) is 3.19. The van der Waals surface area contributed by atoms with Crippen LogP contribution in [-0.2, 0) is 13.6 Å². The maximum atomic E-state index is 11.6. The van der Waals surface area contributed by atoms with Gasteiger partial charge >= 0.3 is 0 Å². The molecule has 0 saturated carbocycles. The van der Waals surface area contributed by atoms with Gasteiger partial charge in [-0.05, 0) is 0 Å². The van der Waals surface area contributed by atoms with E-state index in [0.29, 0.717) is 12.4 Å². The number of aryl methyl sites for hydroxylation is 1. The molecule has 0 atom stereocenters. The molecule has 16 heavy (non-hydrogen) atoms. The van der Waals surface area contributed by atoms with Gasteiger partial charge in [-0.15, -0.1) is 0 Å². The summed E-state index contributed by atoms with van der Waals surface area (Å²) in [4.78, 5) is 11.6. The van der Waals surface area contributed by atoms with Gasteiger partial charge in [-0.25, -0.2) is 0 Å². The van der Waals surface area contributed by atoms with Crippen LogP contribution in [0.2, 0.25) is 0 Å². The maximum absolute atomic E-state index is 11.6. The van der Waals surface area contributed by atoms with Crippen molar-refractivity contribution in [3.63, 3.8) is 0 Å². The molecule has 0 fully saturated rings. The predicted molar refractivity (Wildman–Crippen MR) is 55.4 cm³/mol. The van der Waals surface area contributed by atoms with Crippen LogP contribution in [-0.4, -0.2) is 31.1 Å². The molecule has 0 radical (unpaired) electrons. The highest BCUT2D eigenvalue weighted by molar-refractivity contribution is 6.02. The lowest BCUT2D eigenvalue weighted by Crippen LogP contribution is -2.14. The predicted octanol–water partition coefficient (Wildman–Crippen LogP) is -0.751. The highest BCUT2D eigenvalue weighted by Gasteiger charge is 2.13. The first-order chi connectivity index (χ1) is 7.70. The molecule has 0 aliphatic rings. The Kier molecular flexibility index (Phi) is 2.64. The van der Waals surface area contributed by atoms with Crippen LogP contribution in [0.3, 0.4) is 0 Å². The molecule has 2 aromatic rings. The number of nitrogens with zero attached hydrogens (tertiary/aromatic N) is 4. The molecule has 2 rings (SSSR count). The largest absolute Gasteiger partial charge is 0.326 e. The number of hydrogen-bond acceptors (Lipinski definition) is 5. The summed E-state index contributed by atoms with van der Waals surface area (Å²) >= 11 is 0. The van der Waals surface area contributed by atoms with Crippen LogP contribution in [0.15, 0.2) is 12.4 Å². The second kappa shape index (κ2) is 4.11. The molecule has 0 unspecified atom stereocenters. The Morgan fingerprint density at radius 2 is 2.50 bits per heavy atom. The molecule has 0 aliphatic heterocycles. The third-order valence-corrected chi connectivity index (χ3v) is 2.00. The zero-order valence-electron chi connectivity index (χ0n) is 8.64. The summed E-state index contributed by atoms with van der Waals surface area (Å²) in [5.41, 5.74) is 6.49. The highest BCUT2D eigenvalue weighted by Crippen LogP contribution is 2.12. The van der Waals surface area contributed by atoms with Crippen molar-refractivity contribution >= 4 is 11.7 Å². The number of nitrogens with one attached hydrogen (secondary N) is 2. The van der Waals surface area contributed by atoms with Gasteiger partial charge in [-0.3, -0.25) is 9.48 Å². The third-order valence-electron chi connectivity index (χ3n) is 2.00. The molecular weight excluding hydrogens is 210 g/mol. The van der Waals surface area contributed by atoms with E-state index in [4.69, 9.17) is 5.73 Å². The zero-order valence-corrected chi connectivity index (χ0v) is 8.64. The van der Waals surface area contributed by atoms with Crippen LogP contribution < -0.4 is 11.1 Å². The van der Waals surface area contributed by atoms with E-state index in [1.807, 2.05) is 0 Å². The molecule has 0 saturated heterocycles. The van der Waals surface area contributed by atoms with Gasteiger partial charge in [-0.2, -0.15) is 20.5 Å². The molecule has 8 heteroatoms. The summed E-state index contributed by atoms with van der Waals surface area (Å²) in [5.74, 6) is 0.0696. The molecule has 2 heterocycles. The fourth-order valence-corrected chi connectivity index (χ4v) is 1.27. The minimum Gasteiger partial charge on any atom is -0.326 e. The van der Waals surface area contributed by atoms with Crippen molar-refractivity contribution in [2.45, 2.75) is 6.54 Å². The van der Waals surface area contributed by atoms with Crippen molar-refractivity contribution in [2.24, 2.45) is 12.8 Å². The lowest BCUT2D eigenvalue weighted by atomic mass is 10.3. The third kappa shape index (κ3) is 1.91. The molecule has 4 N–H and O–H groups in total. The van der Waals surface area contributed by atoms with Crippen LogP contribution in [0.5, 0.6) is 0 Å². The first kappa shape index (κ1) is 10.3. The Bertz CT molecular complexity index is 486. The first-order valence-electron chi connectivity index (χ1n) is 4.60. The number of rotatable bonds is 3. The Morgan fingerprint density at radius 1 is 1.69 bits per heavy atom. The van der Waals surface area contributed by atoms with Crippen molar-refractivity contribution in [1.29, 1.82) is 0 Å². The topological polar surface area (TPSA) is 115 Å². The molecule has 0 spiro atoms. The number of nitrogens with two attached hydrogens (primary N) is 1. The van der Waals surface area contributed by atoms with Crippen LogP contribution in [0.25, 0.3) is 0 Å². The number of hydrogen-bond donors (Lipinski definition) is 3. The van der Waals surface area contributed by atoms with Crippen molar-refractivity contribution in [3.8, 4) is 0 Å². The standard InChI is InChI=1S/C8H11N7O/c1-15-4-5(2-9)7(13-15)11-8(16)6-3-10-14-12-6/h3-4H,2,9H2,1H3,(H,10,12,14)(H,11,13,16). The van der Waals surface area contributed by atoms with Crippen LogP contribution in [0.4, 0.5) is 5.82 Å². The van der Waals surface area contributed by atoms with Gasteiger partial charge in [0.05, 0.1) is 6.20 Å². The second-order valence-electron chi connectivity index (χ2n) is 3.19. The lowest BCUT2D eigenvalue weighted by molar-refractivity contribution is 0.102. The SMILES string of the molecule is Cn1cc(CN)c(NC(=O)c2cn[nH]n2)n1. The lowest BCUT2D eigenvalue weighted by Gasteiger charge is -2.00. The summed E-state index contributed by atoms with van der Waals surface area (Å²) in [7, 11) is 1.75. The van der Waals surface area contributed by atoms with E-state index in [-0.39, 0.29) is 11.6 Å². The van der Waals surface area contributed by atoms with Gasteiger partial charge in [0.25, 0.3) is 5.91 Å². The molecule has 0 bridgehead atoms. The molecule has 1 amide bonds. The Balaban J connectivity index is 2.17. The minimum absolute atomic E-state index is 0.202. The van der Waals surface area contributed by atoms with E-state index in [0.717, 1.165) is 5.56 Å². The van der Waals surface area contributed by atoms with Crippen molar-refractivity contribution in [2.75, 3.05) is 5.32 Å². The quantitative estimate of drug-likeness (QED) is 0.630. The van der Waals surface area contributed by atoms with Crippen molar-refractivity contribution in [3.05, 3.63) is 23.7 Å². The molecule has 0 aromatic carbocycles. The minimum atomic E-state index is -0.373. The number of H-pyrrole nitrogens is 1. The van der Waals surface area contributed by atoms with Crippen molar-refractivity contribution < 1.29 is 4.79 Å². The van der Waals surface area contributed by atoms with Gasteiger partial charge < -0.3 is 11.1 Å². The summed E-state index contributed by atoms with van der Waals surface area (Å²) in [6, 6.07) is 0. The number of aromatic nitrogens is 5. The van der Waals surface area contributed by atoms with Gasteiger partial charge in [0.1, 0.15) is 0 Å². The number of amides is 1. The summed E-state index contributed by atoms with van der Waals surface area (Å²) in [6.45, 7) is 0.308. The van der Waals surface area contributed by atoms with E-state index >= 15 is 0 Å². The van der Waals surface area contributed by atoms with E-state index in [1.54, 1.807) is 17.9 Å². The molecular formula is C8H11N7O. The van der Waals surface area contributed by atoms with E-state index in [1.165, 1.54) is 6.20 Å². The van der Waals surface area contributed by atoms with Crippen molar-refractivity contribution in [1.82, 2.24) is 25.2 Å². The number of aromatic amines is 1. The summed E-state index contributed by atoms with van der Waals surface area (Å²) in [5, 5.41) is 16.3. The first-order valence-corrected chi connectivity index (χ1v) is 4.60. The van der Waals surface area contributed by atoms with Gasteiger partial charge in [0.2, 0.25) is 0 Å². The monoisotopic (exact) mass is 221 g/mol. The Labute approximate surface area is 90.8 Å². The number of anilines is 1. The zero-order chi connectivity index (χ0) is 11.5. The smallest absolute Gasteiger partial charge is 0.279 e. The van der Waals surface area contributed by atoms with E-state index in [9.17, 15) is 4.79 Å². The summed E-state index contributed by atoms with van der Waals surface area (Å²) in [6.07, 6.45) is 3.08. The van der Waals surface area contributed by atoms with Gasteiger partial charge in [-0.1, -0.05) is 0 Å². The number of carbonyl (C=O) groups is 1. The van der Waals surface area contributed by atoms with E-state index in [2.05, 4.69) is 25.8 Å². The van der Waals surface area contributed by atoms with Crippen LogP contribution in [0, 0.1) is 0 Å². The van der Waals surface area contributed by atoms with Gasteiger partial charge in [0, 0.05) is 25.4 Å². The maximum Gasteiger partial charge on any atom is 0.279 e. The van der Waals surface area contributed by atoms with E-state index < -0.39 is 0 Å². The van der Waals surface area contributed by atoms with Crippen LogP contribution in [0.1, 0.15) is 16.1 Å². The fraction of sp³-hybridized carbons (Fsp3) is 0.250. The average Bonchev–Trinajstić information content (AvgIpc) is 2.87. The normalized spacial score (nSPS) is 10.4. The molecule has 84 valence electrons. The Hall–Kier alpha value is -2.22. The van der Waals surface area contributed by atoms with Crippen LogP contribution >= 0.6 is 0 Å². The average molecular weight is 221 g/mol. The fourth-order valence-electron chi connectivity index (χ4n) is 1.27. The summed E-state index contributed by atoms with van der Waals surface area (Å²) < 4.78 is 1.58. The number of carbonyl (C=O) groups excluding carboxylic acids is 1. The molecule has 0 aliphatic carbocycles. The van der Waals surface area contributed by atoms with Gasteiger partial charge in [0.15, 0.2) is 11.5 Å². The molecule has 8 nitrogen and oxygen atoms in total.